The van der Waals surface area contributed by atoms with E-state index in [1.165, 1.54) is 5.56 Å². The van der Waals surface area contributed by atoms with Crippen molar-refractivity contribution in [3.05, 3.63) is 29.8 Å². The van der Waals surface area contributed by atoms with Gasteiger partial charge in [-0.05, 0) is 37.6 Å². The predicted octanol–water partition coefficient (Wildman–Crippen LogP) is 0.905. The normalized spacial score (nSPS) is 12.5. The molecule has 0 saturated heterocycles. The van der Waals surface area contributed by atoms with Gasteiger partial charge in [0.05, 0.1) is 0 Å². The van der Waals surface area contributed by atoms with E-state index in [4.69, 9.17) is 15.6 Å². The lowest BCUT2D eigenvalue weighted by Crippen LogP contribution is -2.09. The summed E-state index contributed by atoms with van der Waals surface area (Å²) in [6.45, 7) is 2.23. The maximum Gasteiger partial charge on any atom is 0.194 e. The second-order valence-electron chi connectivity index (χ2n) is 2.90. The molecule has 3 heteroatoms. The van der Waals surface area contributed by atoms with Crippen molar-refractivity contribution in [2.75, 3.05) is 6.54 Å². The Morgan fingerprint density at radius 2 is 2.00 bits per heavy atom. The minimum absolute atomic E-state index is 0.649. The van der Waals surface area contributed by atoms with Crippen LogP contribution in [0.5, 0.6) is 5.75 Å². The predicted molar refractivity (Wildman–Crippen MR) is 51.5 cm³/mol. The molecular weight excluding hydrogens is 166 g/mol. The quantitative estimate of drug-likeness (QED) is 0.679. The molecule has 13 heavy (non-hydrogen) atoms. The first-order valence-electron chi connectivity index (χ1n) is 4.36. The van der Waals surface area contributed by atoms with Gasteiger partial charge >= 0.3 is 0 Å². The van der Waals surface area contributed by atoms with Crippen LogP contribution in [0.15, 0.2) is 24.3 Å². The maximum atomic E-state index is 8.94. The van der Waals surface area contributed by atoms with E-state index >= 15 is 0 Å². The van der Waals surface area contributed by atoms with Crippen molar-refractivity contribution in [1.82, 2.24) is 0 Å². The molecule has 1 aromatic rings. The molecule has 0 heterocycles. The third kappa shape index (κ3) is 3.44. The average Bonchev–Trinajstić information content (AvgIpc) is 2.08. The third-order valence-corrected chi connectivity index (χ3v) is 1.66. The van der Waals surface area contributed by atoms with Gasteiger partial charge in [0.1, 0.15) is 5.75 Å². The van der Waals surface area contributed by atoms with Crippen LogP contribution in [0.4, 0.5) is 0 Å². The van der Waals surface area contributed by atoms with Gasteiger partial charge in [0.2, 0.25) is 0 Å². The van der Waals surface area contributed by atoms with Gasteiger partial charge in [0, 0.05) is 0 Å². The number of nitrogens with two attached hydrogens (primary N) is 1. The summed E-state index contributed by atoms with van der Waals surface area (Å²) in [5.74, 6) is 0.677. The molecule has 0 aliphatic heterocycles. The van der Waals surface area contributed by atoms with Crippen LogP contribution in [-0.2, 0) is 6.42 Å². The van der Waals surface area contributed by atoms with Gasteiger partial charge in [-0.25, -0.2) is 0 Å². The molecule has 0 amide bonds. The highest BCUT2D eigenvalue weighted by atomic mass is 16.6. The van der Waals surface area contributed by atoms with Gasteiger partial charge in [0.15, 0.2) is 6.29 Å². The van der Waals surface area contributed by atoms with Crippen LogP contribution in [0.1, 0.15) is 12.5 Å². The Morgan fingerprint density at radius 1 is 1.38 bits per heavy atom. The smallest absolute Gasteiger partial charge is 0.194 e. The molecule has 1 unspecified atom stereocenters. The highest BCUT2D eigenvalue weighted by molar-refractivity contribution is 5.27. The Hall–Kier alpha value is -1.06. The Morgan fingerprint density at radius 3 is 2.46 bits per heavy atom. The molecule has 3 nitrogen and oxygen atoms in total. The van der Waals surface area contributed by atoms with Crippen LogP contribution in [0.25, 0.3) is 0 Å². The third-order valence-electron chi connectivity index (χ3n) is 1.66. The van der Waals surface area contributed by atoms with Gasteiger partial charge in [0.25, 0.3) is 0 Å². The highest BCUT2D eigenvalue weighted by Gasteiger charge is 1.97. The minimum atomic E-state index is -0.764. The van der Waals surface area contributed by atoms with Gasteiger partial charge in [-0.2, -0.15) is 0 Å². The monoisotopic (exact) mass is 181 g/mol. The largest absolute Gasteiger partial charge is 0.465 e. The number of ether oxygens (including phenoxy) is 1. The molecule has 0 aliphatic rings. The first-order chi connectivity index (χ1) is 6.22. The maximum absolute atomic E-state index is 8.94. The van der Waals surface area contributed by atoms with Gasteiger partial charge in [-0.3, -0.25) is 0 Å². The van der Waals surface area contributed by atoms with E-state index in [0.29, 0.717) is 12.3 Å². The van der Waals surface area contributed by atoms with Crippen LogP contribution in [0, 0.1) is 0 Å². The zero-order chi connectivity index (χ0) is 9.68. The summed E-state index contributed by atoms with van der Waals surface area (Å²) >= 11 is 0. The van der Waals surface area contributed by atoms with E-state index in [0.717, 1.165) is 6.42 Å². The number of aliphatic hydroxyl groups is 1. The van der Waals surface area contributed by atoms with Crippen LogP contribution in [0.3, 0.4) is 0 Å². The fraction of sp³-hybridized carbons (Fsp3) is 0.400. The van der Waals surface area contributed by atoms with Crippen molar-refractivity contribution in [3.63, 3.8) is 0 Å². The summed E-state index contributed by atoms with van der Waals surface area (Å²) in [5.41, 5.74) is 6.59. The second-order valence-corrected chi connectivity index (χ2v) is 2.90. The molecule has 0 aliphatic carbocycles. The van der Waals surface area contributed by atoms with Crippen molar-refractivity contribution in [3.8, 4) is 5.75 Å². The van der Waals surface area contributed by atoms with Crippen molar-refractivity contribution in [1.29, 1.82) is 0 Å². The average molecular weight is 181 g/mol. The molecule has 0 fully saturated rings. The standard InChI is InChI=1S/C10H15NO2/c1-8(12)13-10-4-2-9(3-5-10)6-7-11/h2-5,8,12H,6-7,11H2,1H3. The lowest BCUT2D eigenvalue weighted by atomic mass is 10.1. The summed E-state index contributed by atoms with van der Waals surface area (Å²) < 4.78 is 5.07. The SMILES string of the molecule is CC(O)Oc1ccc(CCN)cc1. The Bertz CT molecular complexity index is 244. The summed E-state index contributed by atoms with van der Waals surface area (Å²) in [5, 5.41) is 8.94. The summed E-state index contributed by atoms with van der Waals surface area (Å²) in [6.07, 6.45) is 0.106. The molecule has 0 radical (unpaired) electrons. The fourth-order valence-corrected chi connectivity index (χ4v) is 1.10. The van der Waals surface area contributed by atoms with Gasteiger partial charge in [-0.15, -0.1) is 0 Å². The zero-order valence-corrected chi connectivity index (χ0v) is 7.73. The van der Waals surface area contributed by atoms with Crippen molar-refractivity contribution < 1.29 is 9.84 Å². The minimum Gasteiger partial charge on any atom is -0.465 e. The first-order valence-corrected chi connectivity index (χ1v) is 4.36. The van der Waals surface area contributed by atoms with Gasteiger partial charge < -0.3 is 15.6 Å². The number of rotatable bonds is 4. The Labute approximate surface area is 78.1 Å². The number of aliphatic hydroxyl groups excluding tert-OH is 1. The summed E-state index contributed by atoms with van der Waals surface area (Å²) in [6, 6.07) is 7.56. The Kier molecular flexibility index (Phi) is 3.73. The molecule has 1 aromatic carbocycles. The lowest BCUT2D eigenvalue weighted by molar-refractivity contribution is -0.000302. The Balaban J connectivity index is 2.59. The van der Waals surface area contributed by atoms with Crippen LogP contribution < -0.4 is 10.5 Å². The van der Waals surface area contributed by atoms with Gasteiger partial charge in [-0.1, -0.05) is 12.1 Å². The molecule has 1 rings (SSSR count). The van der Waals surface area contributed by atoms with E-state index in [1.807, 2.05) is 24.3 Å². The van der Waals surface area contributed by atoms with Crippen molar-refractivity contribution in [2.24, 2.45) is 5.73 Å². The van der Waals surface area contributed by atoms with Crippen molar-refractivity contribution >= 4 is 0 Å². The van der Waals surface area contributed by atoms with Crippen LogP contribution in [-0.4, -0.2) is 17.9 Å². The molecule has 0 spiro atoms. The molecule has 1 atom stereocenters. The molecular formula is C10H15NO2. The number of hydrogen-bond donors (Lipinski definition) is 2. The molecule has 0 bridgehead atoms. The topological polar surface area (TPSA) is 55.5 Å². The lowest BCUT2D eigenvalue weighted by Gasteiger charge is -2.08. The van der Waals surface area contributed by atoms with E-state index in [9.17, 15) is 0 Å². The highest BCUT2D eigenvalue weighted by Crippen LogP contribution is 2.13. The summed E-state index contributed by atoms with van der Waals surface area (Å²) in [7, 11) is 0. The number of hydrogen-bond acceptors (Lipinski definition) is 3. The van der Waals surface area contributed by atoms with E-state index < -0.39 is 6.29 Å². The second kappa shape index (κ2) is 4.84. The van der Waals surface area contributed by atoms with Crippen molar-refractivity contribution in [2.45, 2.75) is 19.6 Å². The zero-order valence-electron chi connectivity index (χ0n) is 7.73. The van der Waals surface area contributed by atoms with E-state index in [-0.39, 0.29) is 0 Å². The molecule has 0 aromatic heterocycles. The molecule has 3 N–H and O–H groups in total. The van der Waals surface area contributed by atoms with E-state index in [1.54, 1.807) is 6.92 Å². The first kappa shape index (κ1) is 10.0. The molecule has 0 saturated carbocycles. The van der Waals surface area contributed by atoms with Crippen LogP contribution >= 0.6 is 0 Å². The van der Waals surface area contributed by atoms with Crippen LogP contribution in [0.2, 0.25) is 0 Å². The summed E-state index contributed by atoms with van der Waals surface area (Å²) in [4.78, 5) is 0. The van der Waals surface area contributed by atoms with E-state index in [2.05, 4.69) is 0 Å². The molecule has 72 valence electrons. The number of benzene rings is 1. The fourth-order valence-electron chi connectivity index (χ4n) is 1.10.